The van der Waals surface area contributed by atoms with Crippen LogP contribution in [0.25, 0.3) is 10.9 Å². The SMILES string of the molecule is O=S(=O)(Nc1cccc2cn[nH]c12)c1ccc(CBr)cc1. The number of anilines is 1. The van der Waals surface area contributed by atoms with Crippen LogP contribution >= 0.6 is 15.9 Å². The van der Waals surface area contributed by atoms with Crippen molar-refractivity contribution < 1.29 is 8.42 Å². The fourth-order valence-electron chi connectivity index (χ4n) is 2.02. The van der Waals surface area contributed by atoms with E-state index in [0.29, 0.717) is 16.5 Å². The molecule has 2 N–H and O–H groups in total. The van der Waals surface area contributed by atoms with Crippen molar-refractivity contribution >= 4 is 42.5 Å². The molecule has 0 aliphatic carbocycles. The number of aromatic amines is 1. The summed E-state index contributed by atoms with van der Waals surface area (Å²) >= 11 is 3.33. The van der Waals surface area contributed by atoms with E-state index in [1.807, 2.05) is 6.07 Å². The molecule has 108 valence electrons. The maximum absolute atomic E-state index is 12.4. The van der Waals surface area contributed by atoms with Crippen molar-refractivity contribution in [3.05, 3.63) is 54.2 Å². The van der Waals surface area contributed by atoms with Crippen LogP contribution in [0.15, 0.2) is 53.6 Å². The fourth-order valence-corrected chi connectivity index (χ4v) is 3.46. The highest BCUT2D eigenvalue weighted by Crippen LogP contribution is 2.23. The lowest BCUT2D eigenvalue weighted by atomic mass is 10.2. The zero-order chi connectivity index (χ0) is 14.9. The van der Waals surface area contributed by atoms with Gasteiger partial charge in [-0.15, -0.1) is 0 Å². The molecule has 3 rings (SSSR count). The molecule has 0 unspecified atom stereocenters. The predicted octanol–water partition coefficient (Wildman–Crippen LogP) is 3.26. The summed E-state index contributed by atoms with van der Waals surface area (Å²) in [5, 5.41) is 8.26. The zero-order valence-corrected chi connectivity index (χ0v) is 13.3. The van der Waals surface area contributed by atoms with E-state index in [1.54, 1.807) is 42.6 Å². The van der Waals surface area contributed by atoms with E-state index in [0.717, 1.165) is 10.9 Å². The number of hydrogen-bond donors (Lipinski definition) is 2. The number of nitrogens with one attached hydrogen (secondary N) is 2. The first-order chi connectivity index (χ1) is 10.1. The highest BCUT2D eigenvalue weighted by Gasteiger charge is 2.15. The lowest BCUT2D eigenvalue weighted by Crippen LogP contribution is -2.13. The molecule has 0 spiro atoms. The largest absolute Gasteiger partial charge is 0.277 e. The van der Waals surface area contributed by atoms with Gasteiger partial charge in [-0.3, -0.25) is 9.82 Å². The van der Waals surface area contributed by atoms with Gasteiger partial charge in [0.05, 0.1) is 22.3 Å². The predicted molar refractivity (Wildman–Crippen MR) is 86.0 cm³/mol. The minimum absolute atomic E-state index is 0.226. The Hall–Kier alpha value is -1.86. The molecule has 0 saturated carbocycles. The van der Waals surface area contributed by atoms with Crippen molar-refractivity contribution in [3.63, 3.8) is 0 Å². The molecule has 3 aromatic rings. The van der Waals surface area contributed by atoms with E-state index in [-0.39, 0.29) is 4.90 Å². The minimum Gasteiger partial charge on any atom is -0.277 e. The highest BCUT2D eigenvalue weighted by atomic mass is 79.9. The van der Waals surface area contributed by atoms with Crippen molar-refractivity contribution in [2.24, 2.45) is 0 Å². The molecule has 0 aliphatic heterocycles. The van der Waals surface area contributed by atoms with Crippen molar-refractivity contribution in [2.75, 3.05) is 4.72 Å². The number of para-hydroxylation sites is 1. The Bertz CT molecular complexity index is 873. The van der Waals surface area contributed by atoms with Gasteiger partial charge in [0.1, 0.15) is 0 Å². The van der Waals surface area contributed by atoms with E-state index < -0.39 is 10.0 Å². The molecule has 0 atom stereocenters. The first kappa shape index (κ1) is 14.1. The lowest BCUT2D eigenvalue weighted by Gasteiger charge is -2.09. The van der Waals surface area contributed by atoms with Gasteiger partial charge in [0.2, 0.25) is 0 Å². The number of alkyl halides is 1. The summed E-state index contributed by atoms with van der Waals surface area (Å²) in [6, 6.07) is 12.1. The van der Waals surface area contributed by atoms with Crippen LogP contribution in [0.4, 0.5) is 5.69 Å². The van der Waals surface area contributed by atoms with Crippen LogP contribution in [-0.4, -0.2) is 18.6 Å². The van der Waals surface area contributed by atoms with Crippen molar-refractivity contribution in [1.29, 1.82) is 0 Å². The van der Waals surface area contributed by atoms with Gasteiger partial charge in [0.25, 0.3) is 10.0 Å². The molecule has 1 heterocycles. The molecule has 2 aromatic carbocycles. The number of aromatic nitrogens is 2. The Balaban J connectivity index is 1.97. The summed E-state index contributed by atoms with van der Waals surface area (Å²) in [6.07, 6.45) is 1.65. The quantitative estimate of drug-likeness (QED) is 0.696. The Morgan fingerprint density at radius 1 is 1.14 bits per heavy atom. The third-order valence-corrected chi connectivity index (χ3v) is 5.14. The second-order valence-corrected chi connectivity index (χ2v) is 6.77. The van der Waals surface area contributed by atoms with Gasteiger partial charge in [0.15, 0.2) is 0 Å². The number of nitrogens with zero attached hydrogens (tertiary/aromatic N) is 1. The van der Waals surface area contributed by atoms with Crippen LogP contribution in [0.3, 0.4) is 0 Å². The molecule has 0 fully saturated rings. The first-order valence-corrected chi connectivity index (χ1v) is 8.80. The van der Waals surface area contributed by atoms with E-state index in [2.05, 4.69) is 30.8 Å². The van der Waals surface area contributed by atoms with Gasteiger partial charge in [-0.2, -0.15) is 5.10 Å². The number of H-pyrrole nitrogens is 1. The molecule has 0 radical (unpaired) electrons. The molecule has 0 amide bonds. The standard InChI is InChI=1S/C14H12BrN3O2S/c15-8-10-4-6-12(7-5-10)21(19,20)18-13-3-1-2-11-9-16-17-14(11)13/h1-7,9,18H,8H2,(H,16,17). The van der Waals surface area contributed by atoms with Crippen molar-refractivity contribution in [2.45, 2.75) is 10.2 Å². The van der Waals surface area contributed by atoms with Gasteiger partial charge in [0, 0.05) is 10.7 Å². The topological polar surface area (TPSA) is 74.8 Å². The second kappa shape index (κ2) is 5.50. The molecule has 1 aromatic heterocycles. The van der Waals surface area contributed by atoms with E-state index in [4.69, 9.17) is 0 Å². The highest BCUT2D eigenvalue weighted by molar-refractivity contribution is 9.08. The van der Waals surface area contributed by atoms with Gasteiger partial charge in [-0.25, -0.2) is 8.42 Å². The number of fused-ring (bicyclic) bond motifs is 1. The maximum atomic E-state index is 12.4. The van der Waals surface area contributed by atoms with E-state index in [1.165, 1.54) is 0 Å². The fraction of sp³-hybridized carbons (Fsp3) is 0.0714. The van der Waals surface area contributed by atoms with Gasteiger partial charge in [-0.05, 0) is 23.8 Å². The van der Waals surface area contributed by atoms with Crippen LogP contribution in [0.2, 0.25) is 0 Å². The summed E-state index contributed by atoms with van der Waals surface area (Å²) < 4.78 is 27.4. The second-order valence-electron chi connectivity index (χ2n) is 4.52. The average Bonchev–Trinajstić information content (AvgIpc) is 2.97. The minimum atomic E-state index is -3.62. The molecule has 0 aliphatic rings. The van der Waals surface area contributed by atoms with Crippen LogP contribution < -0.4 is 4.72 Å². The van der Waals surface area contributed by atoms with Crippen LogP contribution in [-0.2, 0) is 15.4 Å². The van der Waals surface area contributed by atoms with Crippen LogP contribution in [0, 0.1) is 0 Å². The lowest BCUT2D eigenvalue weighted by molar-refractivity contribution is 0.601. The molecular formula is C14H12BrN3O2S. The molecule has 5 nitrogen and oxygen atoms in total. The molecule has 21 heavy (non-hydrogen) atoms. The number of rotatable bonds is 4. The van der Waals surface area contributed by atoms with Crippen molar-refractivity contribution in [3.8, 4) is 0 Å². The Labute approximate surface area is 130 Å². The normalized spacial score (nSPS) is 11.7. The first-order valence-electron chi connectivity index (χ1n) is 6.20. The molecule has 0 saturated heterocycles. The molecular weight excluding hydrogens is 354 g/mol. The number of hydrogen-bond acceptors (Lipinski definition) is 3. The van der Waals surface area contributed by atoms with Gasteiger partial charge < -0.3 is 0 Å². The summed E-state index contributed by atoms with van der Waals surface area (Å²) in [5.41, 5.74) is 2.16. The third-order valence-electron chi connectivity index (χ3n) is 3.11. The third kappa shape index (κ3) is 2.79. The summed E-state index contributed by atoms with van der Waals surface area (Å²) in [5.74, 6) is 0. The summed E-state index contributed by atoms with van der Waals surface area (Å²) in [4.78, 5) is 0.226. The number of sulfonamides is 1. The number of halogens is 1. The van der Waals surface area contributed by atoms with Crippen LogP contribution in [0.5, 0.6) is 0 Å². The Kier molecular flexibility index (Phi) is 3.69. The zero-order valence-electron chi connectivity index (χ0n) is 10.9. The average molecular weight is 366 g/mol. The number of benzene rings is 2. The Morgan fingerprint density at radius 3 is 2.62 bits per heavy atom. The molecule has 7 heteroatoms. The van der Waals surface area contributed by atoms with Gasteiger partial charge in [-0.1, -0.05) is 40.2 Å². The van der Waals surface area contributed by atoms with E-state index in [9.17, 15) is 8.42 Å². The van der Waals surface area contributed by atoms with Gasteiger partial charge >= 0.3 is 0 Å². The summed E-state index contributed by atoms with van der Waals surface area (Å²) in [6.45, 7) is 0. The Morgan fingerprint density at radius 2 is 1.90 bits per heavy atom. The maximum Gasteiger partial charge on any atom is 0.261 e. The molecule has 0 bridgehead atoms. The van der Waals surface area contributed by atoms with Crippen molar-refractivity contribution in [1.82, 2.24) is 10.2 Å². The van der Waals surface area contributed by atoms with Crippen LogP contribution in [0.1, 0.15) is 5.56 Å². The smallest absolute Gasteiger partial charge is 0.261 e. The van der Waals surface area contributed by atoms with E-state index >= 15 is 0 Å². The summed E-state index contributed by atoms with van der Waals surface area (Å²) in [7, 11) is -3.62. The monoisotopic (exact) mass is 365 g/mol.